The molecule has 0 aliphatic carbocycles. The molecule has 36 heavy (non-hydrogen) atoms. The maximum Gasteiger partial charge on any atom is 0.408 e. The first-order valence-electron chi connectivity index (χ1n) is 12.8. The van der Waals surface area contributed by atoms with Gasteiger partial charge in [-0.3, -0.25) is 9.59 Å². The summed E-state index contributed by atoms with van der Waals surface area (Å²) in [5.41, 5.74) is 0.286. The number of rotatable bonds is 11. The van der Waals surface area contributed by atoms with Crippen LogP contribution in [-0.4, -0.2) is 58.0 Å². The fourth-order valence-electron chi connectivity index (χ4n) is 4.07. The van der Waals surface area contributed by atoms with Crippen LogP contribution in [0.1, 0.15) is 91.8 Å². The van der Waals surface area contributed by atoms with Gasteiger partial charge in [-0.25, -0.2) is 4.79 Å². The van der Waals surface area contributed by atoms with Crippen LogP contribution in [0.3, 0.4) is 0 Å². The van der Waals surface area contributed by atoms with Gasteiger partial charge in [0.15, 0.2) is 0 Å². The second-order valence-corrected chi connectivity index (χ2v) is 12.3. The lowest BCUT2D eigenvalue weighted by atomic mass is 9.92. The second-order valence-electron chi connectivity index (χ2n) is 11.3. The Labute approximate surface area is 222 Å². The molecule has 1 aromatic carbocycles. The van der Waals surface area contributed by atoms with E-state index in [1.165, 1.54) is 0 Å². The van der Waals surface area contributed by atoms with E-state index in [2.05, 4.69) is 17.6 Å². The Kier molecular flexibility index (Phi) is 12.3. The molecule has 0 bridgehead atoms. The molecule has 0 aliphatic heterocycles. The molecule has 1 aromatic rings. The number of nitrogens with one attached hydrogen (secondary N) is 2. The lowest BCUT2D eigenvalue weighted by Crippen LogP contribution is -2.59. The van der Waals surface area contributed by atoms with E-state index in [1.54, 1.807) is 37.4 Å². The molecule has 0 fully saturated rings. The number of hydrogen-bond acceptors (Lipinski definition) is 5. The third-order valence-electron chi connectivity index (χ3n) is 5.66. The van der Waals surface area contributed by atoms with Crippen molar-refractivity contribution in [1.29, 1.82) is 0 Å². The third-order valence-corrected chi connectivity index (χ3v) is 6.30. The SMILES string of the molecule is CCCC(C)NC(=O)C(c1ccccc1C)N(C(=O)C(CCSC)NC(=O)OC(C)(C)C)C(C)(C)C. The zero-order valence-electron chi connectivity index (χ0n) is 23.9. The third kappa shape index (κ3) is 10.0. The highest BCUT2D eigenvalue weighted by atomic mass is 32.2. The highest BCUT2D eigenvalue weighted by Crippen LogP contribution is 2.32. The van der Waals surface area contributed by atoms with Crippen LogP contribution in [0, 0.1) is 6.92 Å². The van der Waals surface area contributed by atoms with Crippen molar-refractivity contribution in [3.8, 4) is 0 Å². The Bertz CT molecular complexity index is 876. The first-order chi connectivity index (χ1) is 16.6. The molecule has 0 heterocycles. The van der Waals surface area contributed by atoms with Crippen molar-refractivity contribution in [2.75, 3.05) is 12.0 Å². The predicted molar refractivity (Wildman–Crippen MR) is 149 cm³/mol. The first kappa shape index (κ1) is 31.8. The predicted octanol–water partition coefficient (Wildman–Crippen LogP) is 5.61. The molecule has 8 heteroatoms. The van der Waals surface area contributed by atoms with Crippen LogP contribution in [0.5, 0.6) is 0 Å². The number of hydrogen-bond donors (Lipinski definition) is 2. The molecule has 204 valence electrons. The van der Waals surface area contributed by atoms with Gasteiger partial charge in [0.25, 0.3) is 0 Å². The molecule has 3 amide bonds. The van der Waals surface area contributed by atoms with Crippen molar-refractivity contribution in [2.45, 2.75) is 111 Å². The number of benzene rings is 1. The largest absolute Gasteiger partial charge is 0.444 e. The molecule has 0 saturated carbocycles. The number of ether oxygens (including phenoxy) is 1. The number of aryl methyl sites for hydroxylation is 1. The quantitative estimate of drug-likeness (QED) is 0.395. The highest BCUT2D eigenvalue weighted by Gasteiger charge is 2.42. The summed E-state index contributed by atoms with van der Waals surface area (Å²) in [4.78, 5) is 42.3. The maximum atomic E-state index is 14.2. The number of nitrogens with zero attached hydrogens (tertiary/aromatic N) is 1. The molecule has 3 atom stereocenters. The molecular formula is C28H47N3O4S. The number of carbonyl (C=O) groups excluding carboxylic acids is 3. The average molecular weight is 522 g/mol. The topological polar surface area (TPSA) is 87.7 Å². The molecule has 0 radical (unpaired) electrons. The summed E-state index contributed by atoms with van der Waals surface area (Å²) < 4.78 is 5.45. The van der Waals surface area contributed by atoms with Crippen molar-refractivity contribution in [1.82, 2.24) is 15.5 Å². The molecule has 0 aromatic heterocycles. The van der Waals surface area contributed by atoms with Gasteiger partial charge in [0.05, 0.1) is 0 Å². The number of amides is 3. The van der Waals surface area contributed by atoms with Gasteiger partial charge in [0.1, 0.15) is 17.7 Å². The molecule has 3 unspecified atom stereocenters. The van der Waals surface area contributed by atoms with E-state index >= 15 is 0 Å². The molecular weight excluding hydrogens is 474 g/mol. The van der Waals surface area contributed by atoms with Crippen LogP contribution in [-0.2, 0) is 14.3 Å². The summed E-state index contributed by atoms with van der Waals surface area (Å²) in [6, 6.07) is 5.93. The molecule has 2 N–H and O–H groups in total. The van der Waals surface area contributed by atoms with E-state index < -0.39 is 29.3 Å². The number of thioether (sulfide) groups is 1. The van der Waals surface area contributed by atoms with Gasteiger partial charge in [0, 0.05) is 11.6 Å². The zero-order valence-corrected chi connectivity index (χ0v) is 24.7. The smallest absolute Gasteiger partial charge is 0.408 e. The Morgan fingerprint density at radius 3 is 2.14 bits per heavy atom. The first-order valence-corrected chi connectivity index (χ1v) is 14.2. The fraction of sp³-hybridized carbons (Fsp3) is 0.679. The van der Waals surface area contributed by atoms with Gasteiger partial charge < -0.3 is 20.3 Å². The van der Waals surface area contributed by atoms with Crippen LogP contribution in [0.25, 0.3) is 0 Å². The minimum atomic E-state index is -0.852. The maximum absolute atomic E-state index is 14.2. The van der Waals surface area contributed by atoms with E-state index in [4.69, 9.17) is 4.74 Å². The van der Waals surface area contributed by atoms with Crippen LogP contribution >= 0.6 is 11.8 Å². The summed E-state index contributed by atoms with van der Waals surface area (Å²) in [5.74, 6) is 0.127. The standard InChI is InChI=1S/C28H47N3O4S/c1-11-14-20(3)29-24(32)23(21-16-13-12-15-19(21)2)31(27(4,5)6)25(33)22(17-18-36-10)30-26(34)35-28(7,8)9/h12-13,15-16,20,22-23H,11,14,17-18H2,1-10H3,(H,29,32)(H,30,34). The van der Waals surface area contributed by atoms with E-state index in [-0.39, 0.29) is 17.9 Å². The van der Waals surface area contributed by atoms with E-state index in [0.717, 1.165) is 24.0 Å². The van der Waals surface area contributed by atoms with Gasteiger partial charge in [-0.05, 0) is 91.4 Å². The Hall–Kier alpha value is -2.22. The van der Waals surface area contributed by atoms with Crippen molar-refractivity contribution in [3.63, 3.8) is 0 Å². The van der Waals surface area contributed by atoms with Gasteiger partial charge in [-0.2, -0.15) is 11.8 Å². The number of alkyl carbamates (subject to hydrolysis) is 1. The summed E-state index contributed by atoms with van der Waals surface area (Å²) in [7, 11) is 0. The highest BCUT2D eigenvalue weighted by molar-refractivity contribution is 7.98. The summed E-state index contributed by atoms with van der Waals surface area (Å²) >= 11 is 1.59. The molecule has 0 spiro atoms. The molecule has 7 nitrogen and oxygen atoms in total. The molecule has 0 aliphatic rings. The van der Waals surface area contributed by atoms with Crippen molar-refractivity contribution in [3.05, 3.63) is 35.4 Å². The number of carbonyl (C=O) groups is 3. The Morgan fingerprint density at radius 1 is 1.03 bits per heavy atom. The summed E-state index contributed by atoms with van der Waals surface area (Å²) in [6.07, 6.45) is 3.50. The molecule has 0 saturated heterocycles. The monoisotopic (exact) mass is 521 g/mol. The van der Waals surface area contributed by atoms with Gasteiger partial charge in [-0.15, -0.1) is 0 Å². The average Bonchev–Trinajstić information content (AvgIpc) is 2.73. The fourth-order valence-corrected chi connectivity index (χ4v) is 4.55. The lowest BCUT2D eigenvalue weighted by Gasteiger charge is -2.43. The zero-order chi connectivity index (χ0) is 27.7. The van der Waals surface area contributed by atoms with Crippen molar-refractivity contribution >= 4 is 29.7 Å². The van der Waals surface area contributed by atoms with E-state index in [1.807, 2.05) is 65.1 Å². The van der Waals surface area contributed by atoms with Gasteiger partial charge in [-0.1, -0.05) is 37.6 Å². The Balaban J connectivity index is 3.55. The van der Waals surface area contributed by atoms with Crippen LogP contribution in [0.4, 0.5) is 4.79 Å². The van der Waals surface area contributed by atoms with Crippen LogP contribution in [0.2, 0.25) is 0 Å². The van der Waals surface area contributed by atoms with Crippen LogP contribution in [0.15, 0.2) is 24.3 Å². The van der Waals surface area contributed by atoms with E-state index in [9.17, 15) is 14.4 Å². The molecule has 1 rings (SSSR count). The normalized spacial score (nSPS) is 14.4. The lowest BCUT2D eigenvalue weighted by molar-refractivity contribution is -0.148. The Morgan fingerprint density at radius 2 is 1.64 bits per heavy atom. The van der Waals surface area contributed by atoms with Crippen molar-refractivity contribution in [2.24, 2.45) is 0 Å². The minimum Gasteiger partial charge on any atom is -0.444 e. The summed E-state index contributed by atoms with van der Waals surface area (Å²) in [6.45, 7) is 17.1. The van der Waals surface area contributed by atoms with Crippen LogP contribution < -0.4 is 10.6 Å². The van der Waals surface area contributed by atoms with Gasteiger partial charge >= 0.3 is 6.09 Å². The van der Waals surface area contributed by atoms with Gasteiger partial charge in [0.2, 0.25) is 11.8 Å². The van der Waals surface area contributed by atoms with E-state index in [0.29, 0.717) is 12.2 Å². The van der Waals surface area contributed by atoms with Crippen molar-refractivity contribution < 1.29 is 19.1 Å². The minimum absolute atomic E-state index is 0.0295. The second kappa shape index (κ2) is 13.9. The summed E-state index contributed by atoms with van der Waals surface area (Å²) in [5, 5.41) is 5.90.